The van der Waals surface area contributed by atoms with Gasteiger partial charge in [-0.2, -0.15) is 0 Å². The lowest BCUT2D eigenvalue weighted by Gasteiger charge is -2.38. The Morgan fingerprint density at radius 2 is 1.96 bits per heavy atom. The van der Waals surface area contributed by atoms with Crippen molar-refractivity contribution in [1.29, 1.82) is 0 Å². The first-order valence-electron chi connectivity index (χ1n) is 8.97. The highest BCUT2D eigenvalue weighted by Gasteiger charge is 2.33. The maximum atomic E-state index is 12.6. The monoisotopic (exact) mass is 325 g/mol. The molecule has 0 bridgehead atoms. The summed E-state index contributed by atoms with van der Waals surface area (Å²) >= 11 is 0. The molecule has 0 unspecified atom stereocenters. The van der Waals surface area contributed by atoms with Gasteiger partial charge in [0.05, 0.1) is 6.33 Å². The van der Waals surface area contributed by atoms with Gasteiger partial charge in [-0.1, -0.05) is 49.6 Å². The molecule has 3 rings (SSSR count). The van der Waals surface area contributed by atoms with Crippen LogP contribution in [0, 0.1) is 0 Å². The number of hydrogen-bond donors (Lipinski definition) is 1. The molecule has 0 atom stereocenters. The largest absolute Gasteiger partial charge is 0.350 e. The normalized spacial score (nSPS) is 16.7. The second kappa shape index (κ2) is 7.65. The number of benzene rings is 1. The zero-order valence-electron chi connectivity index (χ0n) is 14.5. The molecule has 4 nitrogen and oxygen atoms in total. The van der Waals surface area contributed by atoms with Crippen LogP contribution in [-0.2, 0) is 24.7 Å². The molecule has 1 heterocycles. The molecule has 2 aromatic rings. The Balaban J connectivity index is 1.63. The van der Waals surface area contributed by atoms with Gasteiger partial charge in [-0.15, -0.1) is 0 Å². The van der Waals surface area contributed by atoms with Crippen molar-refractivity contribution >= 4 is 5.91 Å². The summed E-state index contributed by atoms with van der Waals surface area (Å²) in [5.41, 5.74) is 2.35. The minimum atomic E-state index is -0.0663. The van der Waals surface area contributed by atoms with E-state index in [1.807, 2.05) is 23.9 Å². The van der Waals surface area contributed by atoms with Crippen LogP contribution in [0.5, 0.6) is 0 Å². The molecular formula is C20H27N3O. The van der Waals surface area contributed by atoms with Crippen LogP contribution in [0.25, 0.3) is 0 Å². The molecule has 1 fully saturated rings. The van der Waals surface area contributed by atoms with Gasteiger partial charge in [0.2, 0.25) is 5.91 Å². The first-order chi connectivity index (χ1) is 11.7. The molecule has 1 amide bonds. The van der Waals surface area contributed by atoms with Crippen LogP contribution in [0.4, 0.5) is 0 Å². The van der Waals surface area contributed by atoms with Gasteiger partial charge in [0.1, 0.15) is 0 Å². The van der Waals surface area contributed by atoms with Gasteiger partial charge >= 0.3 is 0 Å². The van der Waals surface area contributed by atoms with E-state index in [2.05, 4.69) is 34.6 Å². The Labute approximate surface area is 144 Å². The lowest BCUT2D eigenvalue weighted by atomic mass is 9.77. The van der Waals surface area contributed by atoms with Crippen molar-refractivity contribution in [2.75, 3.05) is 0 Å². The van der Waals surface area contributed by atoms with Gasteiger partial charge in [-0.05, 0) is 31.2 Å². The Hall–Kier alpha value is -2.10. The fraction of sp³-hybridized carbons (Fsp3) is 0.500. The standard InChI is InChI=1S/C20H27N3O/c1-23-16-21-15-18(23)10-11-19(24)22-20(12-6-3-7-13-20)14-17-8-4-2-5-9-17/h2,4-5,8-9,15-16H,3,6-7,10-14H2,1H3,(H,22,24). The predicted molar refractivity (Wildman–Crippen MR) is 95.6 cm³/mol. The molecule has 0 aliphatic heterocycles. The molecule has 4 heteroatoms. The minimum Gasteiger partial charge on any atom is -0.350 e. The van der Waals surface area contributed by atoms with Crippen LogP contribution in [0.15, 0.2) is 42.9 Å². The number of imidazole rings is 1. The molecule has 0 spiro atoms. The number of nitrogens with zero attached hydrogens (tertiary/aromatic N) is 2. The van der Waals surface area contributed by atoms with Crippen LogP contribution in [0.1, 0.15) is 49.8 Å². The predicted octanol–water partition coefficient (Wildman–Crippen LogP) is 3.41. The summed E-state index contributed by atoms with van der Waals surface area (Å²) < 4.78 is 1.98. The van der Waals surface area contributed by atoms with Crippen molar-refractivity contribution in [3.05, 3.63) is 54.1 Å². The van der Waals surface area contributed by atoms with E-state index in [4.69, 9.17) is 0 Å². The van der Waals surface area contributed by atoms with E-state index in [-0.39, 0.29) is 11.4 Å². The summed E-state index contributed by atoms with van der Waals surface area (Å²) in [7, 11) is 1.97. The van der Waals surface area contributed by atoms with Crippen LogP contribution >= 0.6 is 0 Å². The first kappa shape index (κ1) is 16.7. The highest BCUT2D eigenvalue weighted by molar-refractivity contribution is 5.77. The Kier molecular flexibility index (Phi) is 5.34. The molecule has 1 aliphatic rings. The van der Waals surface area contributed by atoms with Gasteiger partial charge in [0.25, 0.3) is 0 Å². The van der Waals surface area contributed by atoms with E-state index < -0.39 is 0 Å². The third kappa shape index (κ3) is 4.25. The molecule has 1 saturated carbocycles. The maximum Gasteiger partial charge on any atom is 0.220 e. The Morgan fingerprint density at radius 3 is 2.62 bits per heavy atom. The Morgan fingerprint density at radius 1 is 1.21 bits per heavy atom. The van der Waals surface area contributed by atoms with Gasteiger partial charge in [-0.25, -0.2) is 4.98 Å². The van der Waals surface area contributed by atoms with E-state index in [1.54, 1.807) is 6.33 Å². The average molecular weight is 325 g/mol. The van der Waals surface area contributed by atoms with Crippen molar-refractivity contribution in [2.45, 2.75) is 56.9 Å². The number of aryl methyl sites for hydroxylation is 2. The van der Waals surface area contributed by atoms with Gasteiger partial charge in [-0.3, -0.25) is 4.79 Å². The quantitative estimate of drug-likeness (QED) is 0.884. The molecule has 128 valence electrons. The van der Waals surface area contributed by atoms with Crippen molar-refractivity contribution in [2.24, 2.45) is 7.05 Å². The van der Waals surface area contributed by atoms with E-state index in [0.717, 1.165) is 31.4 Å². The van der Waals surface area contributed by atoms with Crippen LogP contribution in [0.2, 0.25) is 0 Å². The number of carbonyl (C=O) groups is 1. The molecule has 1 N–H and O–H groups in total. The summed E-state index contributed by atoms with van der Waals surface area (Å²) in [5, 5.41) is 3.39. The molecule has 1 aromatic heterocycles. The molecule has 0 saturated heterocycles. The van der Waals surface area contributed by atoms with Crippen molar-refractivity contribution in [3.63, 3.8) is 0 Å². The SMILES string of the molecule is Cn1cncc1CCC(=O)NC1(Cc2ccccc2)CCCCC1. The average Bonchev–Trinajstić information content (AvgIpc) is 3.00. The summed E-state index contributed by atoms with van der Waals surface area (Å²) in [4.78, 5) is 16.7. The minimum absolute atomic E-state index is 0.0663. The fourth-order valence-electron chi connectivity index (χ4n) is 3.79. The number of nitrogens with one attached hydrogen (secondary N) is 1. The van der Waals surface area contributed by atoms with Crippen LogP contribution in [0.3, 0.4) is 0 Å². The van der Waals surface area contributed by atoms with Crippen LogP contribution < -0.4 is 5.32 Å². The third-order valence-corrected chi connectivity index (χ3v) is 5.13. The summed E-state index contributed by atoms with van der Waals surface area (Å²) in [5.74, 6) is 0.161. The zero-order valence-corrected chi connectivity index (χ0v) is 14.5. The number of amides is 1. The van der Waals surface area contributed by atoms with Gasteiger partial charge < -0.3 is 9.88 Å². The van der Waals surface area contributed by atoms with Crippen molar-refractivity contribution in [1.82, 2.24) is 14.9 Å². The highest BCUT2D eigenvalue weighted by Crippen LogP contribution is 2.31. The second-order valence-corrected chi connectivity index (χ2v) is 7.05. The van der Waals surface area contributed by atoms with E-state index >= 15 is 0 Å². The molecule has 0 radical (unpaired) electrons. The molecule has 1 aliphatic carbocycles. The lowest BCUT2D eigenvalue weighted by Crippen LogP contribution is -2.51. The van der Waals surface area contributed by atoms with Gasteiger partial charge in [0.15, 0.2) is 0 Å². The van der Waals surface area contributed by atoms with E-state index in [0.29, 0.717) is 6.42 Å². The summed E-state index contributed by atoms with van der Waals surface area (Å²) in [6.45, 7) is 0. The Bertz CT molecular complexity index is 657. The molecular weight excluding hydrogens is 298 g/mol. The smallest absolute Gasteiger partial charge is 0.220 e. The van der Waals surface area contributed by atoms with E-state index in [1.165, 1.54) is 24.8 Å². The highest BCUT2D eigenvalue weighted by atomic mass is 16.1. The van der Waals surface area contributed by atoms with Gasteiger partial charge in [0, 0.05) is 30.9 Å². The first-order valence-corrected chi connectivity index (χ1v) is 8.97. The number of rotatable bonds is 6. The maximum absolute atomic E-state index is 12.6. The number of carbonyl (C=O) groups excluding carboxylic acids is 1. The fourth-order valence-corrected chi connectivity index (χ4v) is 3.79. The molecule has 24 heavy (non-hydrogen) atoms. The van der Waals surface area contributed by atoms with E-state index in [9.17, 15) is 4.79 Å². The lowest BCUT2D eigenvalue weighted by molar-refractivity contribution is -0.123. The van der Waals surface area contributed by atoms with Crippen LogP contribution in [-0.4, -0.2) is 21.0 Å². The number of hydrogen-bond acceptors (Lipinski definition) is 2. The number of aromatic nitrogens is 2. The molecule has 1 aromatic carbocycles. The topological polar surface area (TPSA) is 46.9 Å². The zero-order chi connectivity index (χ0) is 16.8. The van der Waals surface area contributed by atoms with Crippen molar-refractivity contribution in [3.8, 4) is 0 Å². The summed E-state index contributed by atoms with van der Waals surface area (Å²) in [6, 6.07) is 10.5. The second-order valence-electron chi connectivity index (χ2n) is 7.05. The summed E-state index contributed by atoms with van der Waals surface area (Å²) in [6.07, 6.45) is 11.7. The van der Waals surface area contributed by atoms with Crippen molar-refractivity contribution < 1.29 is 4.79 Å². The third-order valence-electron chi connectivity index (χ3n) is 5.13.